The average Bonchev–Trinajstić information content (AvgIpc) is 3.44. The van der Waals surface area contributed by atoms with Gasteiger partial charge in [0.1, 0.15) is 24.4 Å². The summed E-state index contributed by atoms with van der Waals surface area (Å²) in [4.78, 5) is 13.0. The minimum absolute atomic E-state index is 0.0418. The maximum atomic E-state index is 13.0. The van der Waals surface area contributed by atoms with Gasteiger partial charge in [-0.3, -0.25) is 4.79 Å². The van der Waals surface area contributed by atoms with Crippen molar-refractivity contribution in [1.29, 1.82) is 0 Å². The van der Waals surface area contributed by atoms with Crippen molar-refractivity contribution in [2.45, 2.75) is 87.2 Å². The van der Waals surface area contributed by atoms with Gasteiger partial charge in [-0.2, -0.15) is 0 Å². The zero-order chi connectivity index (χ0) is 25.5. The molecule has 4 aliphatic carbocycles. The van der Waals surface area contributed by atoms with E-state index in [9.17, 15) is 35.4 Å². The molecule has 2 bridgehead atoms. The molecule has 3 saturated carbocycles. The van der Waals surface area contributed by atoms with Gasteiger partial charge in [-0.05, 0) is 67.8 Å². The molecule has 36 heavy (non-hydrogen) atoms. The van der Waals surface area contributed by atoms with Crippen molar-refractivity contribution in [2.75, 3.05) is 19.8 Å². The molecule has 1 aromatic rings. The number of fused-ring (bicyclic) bond motifs is 5. The largest absolute Gasteiger partial charge is 0.461 e. The van der Waals surface area contributed by atoms with Crippen LogP contribution in [-0.2, 0) is 9.47 Å². The number of ketones is 1. The van der Waals surface area contributed by atoms with Gasteiger partial charge in [-0.15, -0.1) is 0 Å². The van der Waals surface area contributed by atoms with Crippen LogP contribution in [0.25, 0.3) is 0 Å². The number of furan rings is 1. The van der Waals surface area contributed by atoms with Gasteiger partial charge < -0.3 is 44.5 Å². The highest BCUT2D eigenvalue weighted by atomic mass is 16.7. The fraction of sp³-hybridized carbons (Fsp3) is 0.808. The number of Topliss-reactive ketones (excluding diaryl/α,β-unsaturated/α-hetero) is 1. The second-order valence-corrected chi connectivity index (χ2v) is 12.0. The van der Waals surface area contributed by atoms with Crippen molar-refractivity contribution in [3.05, 3.63) is 23.7 Å². The van der Waals surface area contributed by atoms with Crippen LogP contribution in [0.15, 0.2) is 16.7 Å². The van der Waals surface area contributed by atoms with Crippen LogP contribution in [0, 0.1) is 22.7 Å². The fourth-order valence-electron chi connectivity index (χ4n) is 8.83. The summed E-state index contributed by atoms with van der Waals surface area (Å²) in [6.07, 6.45) is -0.716. The zero-order valence-corrected chi connectivity index (χ0v) is 20.2. The van der Waals surface area contributed by atoms with Crippen molar-refractivity contribution >= 4 is 5.78 Å². The summed E-state index contributed by atoms with van der Waals surface area (Å²) in [6, 6.07) is 1.87. The smallest absolute Gasteiger partial charge is 0.198 e. The van der Waals surface area contributed by atoms with Crippen molar-refractivity contribution in [3.8, 4) is 0 Å². The first-order valence-electron chi connectivity index (χ1n) is 13.0. The summed E-state index contributed by atoms with van der Waals surface area (Å²) >= 11 is 0. The predicted octanol–water partition coefficient (Wildman–Crippen LogP) is 0.0761. The Hall–Kier alpha value is -1.37. The van der Waals surface area contributed by atoms with Crippen LogP contribution < -0.4 is 0 Å². The van der Waals surface area contributed by atoms with Gasteiger partial charge in [0.25, 0.3) is 0 Å². The summed E-state index contributed by atoms with van der Waals surface area (Å²) in [5, 5.41) is 62.5. The third-order valence-corrected chi connectivity index (χ3v) is 10.4. The van der Waals surface area contributed by atoms with Gasteiger partial charge in [0.2, 0.25) is 0 Å². The summed E-state index contributed by atoms with van der Waals surface area (Å²) in [5.74, 6) is 0.413. The van der Waals surface area contributed by atoms with Crippen molar-refractivity contribution in [2.24, 2.45) is 22.7 Å². The molecule has 10 nitrogen and oxygen atoms in total. The minimum atomic E-state index is -1.54. The van der Waals surface area contributed by atoms with E-state index < -0.39 is 48.3 Å². The van der Waals surface area contributed by atoms with Crippen molar-refractivity contribution in [1.82, 2.24) is 0 Å². The fourth-order valence-corrected chi connectivity index (χ4v) is 8.83. The molecular formula is C26H36O10. The molecular weight excluding hydrogens is 472 g/mol. The Balaban J connectivity index is 1.23. The monoisotopic (exact) mass is 508 g/mol. The number of hydrogen-bond acceptors (Lipinski definition) is 10. The molecule has 0 aromatic carbocycles. The van der Waals surface area contributed by atoms with Crippen LogP contribution in [0.5, 0.6) is 0 Å². The first-order valence-corrected chi connectivity index (χ1v) is 13.0. The number of carbonyl (C=O) groups excluding carboxylic acids is 1. The molecule has 5 aliphatic rings. The highest BCUT2D eigenvalue weighted by molar-refractivity contribution is 5.97. The van der Waals surface area contributed by atoms with E-state index >= 15 is 0 Å². The highest BCUT2D eigenvalue weighted by Crippen LogP contribution is 2.72. The summed E-state index contributed by atoms with van der Waals surface area (Å²) in [7, 11) is 0. The second kappa shape index (κ2) is 8.57. The lowest BCUT2D eigenvalue weighted by Crippen LogP contribution is -2.59. The van der Waals surface area contributed by atoms with Crippen molar-refractivity contribution < 1.29 is 49.3 Å². The van der Waals surface area contributed by atoms with Gasteiger partial charge in [-0.25, -0.2) is 0 Å². The Labute approximate surface area is 208 Å². The lowest BCUT2D eigenvalue weighted by atomic mass is 9.44. The lowest BCUT2D eigenvalue weighted by Gasteiger charge is -2.59. The van der Waals surface area contributed by atoms with E-state index in [1.54, 1.807) is 6.26 Å². The van der Waals surface area contributed by atoms with E-state index in [-0.39, 0.29) is 48.6 Å². The van der Waals surface area contributed by atoms with E-state index in [0.29, 0.717) is 12.2 Å². The van der Waals surface area contributed by atoms with Gasteiger partial charge in [0.15, 0.2) is 17.8 Å². The first-order chi connectivity index (χ1) is 17.2. The standard InChI is InChI=1S/C26H36O10/c27-9-17-19(30)20(31)21(32)23(36-17)35-12-26(33)10-24-5-3-15-14-4-6-34-22(14)16(29)8-25(15,11-28)18(24)2-1-13(26)7-24/h4,6,13,15,17-21,23,27-28,30-33H,1-3,5,7-12H2. The molecule has 1 aliphatic heterocycles. The molecule has 1 spiro atoms. The topological polar surface area (TPSA) is 170 Å². The molecule has 6 N–H and O–H groups in total. The SMILES string of the molecule is O=C1CC2(CO)C(CCC34CC(CCC32)C(O)(COC2OC(CO)C(O)C(O)C2O)C4)c2ccoc21. The molecule has 0 radical (unpaired) electrons. The summed E-state index contributed by atoms with van der Waals surface area (Å²) < 4.78 is 16.8. The van der Waals surface area contributed by atoms with Gasteiger partial charge in [0, 0.05) is 17.4 Å². The van der Waals surface area contributed by atoms with Gasteiger partial charge >= 0.3 is 0 Å². The Morgan fingerprint density at radius 2 is 1.89 bits per heavy atom. The average molecular weight is 509 g/mol. The first kappa shape index (κ1) is 24.9. The number of aliphatic hydroxyl groups is 6. The van der Waals surface area contributed by atoms with E-state index in [1.165, 1.54) is 0 Å². The molecule has 6 rings (SSSR count). The Bertz CT molecular complexity index is 1010. The van der Waals surface area contributed by atoms with Gasteiger partial charge in [-0.1, -0.05) is 0 Å². The van der Waals surface area contributed by atoms with Crippen molar-refractivity contribution in [3.63, 3.8) is 0 Å². The molecule has 10 heteroatoms. The summed E-state index contributed by atoms with van der Waals surface area (Å²) in [5.41, 5.74) is -1.12. The molecule has 2 heterocycles. The molecule has 1 saturated heterocycles. The zero-order valence-electron chi connectivity index (χ0n) is 20.2. The number of hydrogen-bond donors (Lipinski definition) is 6. The summed E-state index contributed by atoms with van der Waals surface area (Å²) in [6.45, 7) is -0.774. The molecule has 0 amide bonds. The Kier molecular flexibility index (Phi) is 5.94. The van der Waals surface area contributed by atoms with E-state index in [4.69, 9.17) is 13.9 Å². The van der Waals surface area contributed by atoms with E-state index in [1.807, 2.05) is 6.07 Å². The normalized spacial score (nSPS) is 49.9. The van der Waals surface area contributed by atoms with Crippen LogP contribution in [0.4, 0.5) is 0 Å². The molecule has 11 unspecified atom stereocenters. The number of aliphatic hydroxyl groups excluding tert-OH is 5. The van der Waals surface area contributed by atoms with Crippen LogP contribution in [0.2, 0.25) is 0 Å². The Morgan fingerprint density at radius 1 is 1.08 bits per heavy atom. The molecule has 1 aromatic heterocycles. The predicted molar refractivity (Wildman–Crippen MR) is 122 cm³/mol. The lowest BCUT2D eigenvalue weighted by molar-refractivity contribution is -0.310. The second-order valence-electron chi connectivity index (χ2n) is 12.0. The highest BCUT2D eigenvalue weighted by Gasteiger charge is 2.68. The number of carbonyl (C=O) groups is 1. The van der Waals surface area contributed by atoms with Crippen LogP contribution >= 0.6 is 0 Å². The number of ether oxygens (including phenoxy) is 2. The van der Waals surface area contributed by atoms with E-state index in [2.05, 4.69) is 0 Å². The maximum Gasteiger partial charge on any atom is 0.198 e. The van der Waals surface area contributed by atoms with Crippen LogP contribution in [0.1, 0.15) is 67.0 Å². The molecule has 200 valence electrons. The van der Waals surface area contributed by atoms with Gasteiger partial charge in [0.05, 0.1) is 31.7 Å². The quantitative estimate of drug-likeness (QED) is 0.320. The Morgan fingerprint density at radius 3 is 2.64 bits per heavy atom. The third-order valence-electron chi connectivity index (χ3n) is 10.4. The molecule has 11 atom stereocenters. The van der Waals surface area contributed by atoms with Crippen LogP contribution in [0.3, 0.4) is 0 Å². The minimum Gasteiger partial charge on any atom is -0.461 e. The third kappa shape index (κ3) is 3.36. The van der Waals surface area contributed by atoms with E-state index in [0.717, 1.165) is 37.7 Å². The number of rotatable bonds is 5. The maximum absolute atomic E-state index is 13.0. The van der Waals surface area contributed by atoms with Crippen LogP contribution in [-0.4, -0.2) is 92.5 Å². The molecule has 4 fully saturated rings.